The highest BCUT2D eigenvalue weighted by molar-refractivity contribution is 5.91. The Morgan fingerprint density at radius 1 is 0.971 bits per heavy atom. The zero-order valence-corrected chi connectivity index (χ0v) is 20.4. The highest BCUT2D eigenvalue weighted by Crippen LogP contribution is 2.33. The lowest BCUT2D eigenvalue weighted by atomic mass is 9.90. The lowest BCUT2D eigenvalue weighted by molar-refractivity contribution is -0.151. The lowest BCUT2D eigenvalue weighted by Gasteiger charge is -2.41. The topological polar surface area (TPSA) is 91.0 Å². The summed E-state index contributed by atoms with van der Waals surface area (Å²) in [4.78, 5) is 43.1. The fraction of sp³-hybridized carbons (Fsp3) is 0.654. The molecule has 4 rings (SSSR count). The molecule has 4 amide bonds. The first-order valence-electron chi connectivity index (χ1n) is 12.7. The summed E-state index contributed by atoms with van der Waals surface area (Å²) in [5, 5.41) is 5.92. The lowest BCUT2D eigenvalue weighted by Crippen LogP contribution is -2.61. The van der Waals surface area contributed by atoms with Gasteiger partial charge in [0.2, 0.25) is 11.8 Å². The molecule has 2 aliphatic heterocycles. The van der Waals surface area contributed by atoms with E-state index >= 15 is 0 Å². The van der Waals surface area contributed by atoms with E-state index in [0.29, 0.717) is 58.4 Å². The van der Waals surface area contributed by atoms with Crippen LogP contribution < -0.4 is 10.6 Å². The first-order valence-corrected chi connectivity index (χ1v) is 12.7. The molecule has 0 spiro atoms. The number of urea groups is 1. The van der Waals surface area contributed by atoms with E-state index in [1.165, 1.54) is 0 Å². The highest BCUT2D eigenvalue weighted by Gasteiger charge is 2.46. The van der Waals surface area contributed by atoms with Crippen LogP contribution in [0.5, 0.6) is 0 Å². The van der Waals surface area contributed by atoms with E-state index in [-0.39, 0.29) is 36.0 Å². The molecule has 3 fully saturated rings. The maximum absolute atomic E-state index is 13.6. The van der Waals surface area contributed by atoms with Gasteiger partial charge in [0, 0.05) is 38.6 Å². The number of carbonyl (C=O) groups is 3. The van der Waals surface area contributed by atoms with E-state index < -0.39 is 5.54 Å². The number of hydrogen-bond donors (Lipinski definition) is 2. The molecule has 34 heavy (non-hydrogen) atoms. The number of rotatable bonds is 5. The molecule has 2 atom stereocenters. The summed E-state index contributed by atoms with van der Waals surface area (Å²) in [5.41, 5.74) is 0.174. The molecule has 1 saturated carbocycles. The van der Waals surface area contributed by atoms with Gasteiger partial charge >= 0.3 is 6.03 Å². The number of benzene rings is 1. The Hall–Kier alpha value is -2.61. The summed E-state index contributed by atoms with van der Waals surface area (Å²) in [6.45, 7) is 6.80. The molecule has 0 bridgehead atoms. The molecular weight excluding hydrogens is 432 g/mol. The van der Waals surface area contributed by atoms with Gasteiger partial charge in [-0.2, -0.15) is 0 Å². The second-order valence-corrected chi connectivity index (χ2v) is 10.1. The quantitative estimate of drug-likeness (QED) is 0.692. The van der Waals surface area contributed by atoms with Crippen molar-refractivity contribution in [2.24, 2.45) is 5.92 Å². The second-order valence-electron chi connectivity index (χ2n) is 10.1. The van der Waals surface area contributed by atoms with Gasteiger partial charge in [-0.05, 0) is 45.1 Å². The van der Waals surface area contributed by atoms with E-state index in [1.807, 2.05) is 54.0 Å². The van der Waals surface area contributed by atoms with Crippen molar-refractivity contribution in [2.45, 2.75) is 76.7 Å². The third-order valence-corrected chi connectivity index (χ3v) is 7.38. The van der Waals surface area contributed by atoms with E-state index in [0.717, 1.165) is 18.4 Å². The summed E-state index contributed by atoms with van der Waals surface area (Å²) >= 11 is 0. The first kappa shape index (κ1) is 24.5. The summed E-state index contributed by atoms with van der Waals surface area (Å²) < 4.78 is 5.76. The first-order chi connectivity index (χ1) is 16.4. The summed E-state index contributed by atoms with van der Waals surface area (Å²) in [5.74, 6) is 0.130. The third kappa shape index (κ3) is 5.71. The second kappa shape index (κ2) is 10.8. The number of likely N-dealkylation sites (tertiary alicyclic amines) is 1. The Balaban J connectivity index is 1.31. The fourth-order valence-electron chi connectivity index (χ4n) is 5.66. The zero-order valence-electron chi connectivity index (χ0n) is 20.4. The summed E-state index contributed by atoms with van der Waals surface area (Å²) in [6, 6.07) is 9.42. The van der Waals surface area contributed by atoms with Gasteiger partial charge in [0.05, 0.1) is 12.2 Å². The van der Waals surface area contributed by atoms with Crippen molar-refractivity contribution in [1.29, 1.82) is 0 Å². The molecular formula is C26H38N4O4. The van der Waals surface area contributed by atoms with Crippen LogP contribution in [0.15, 0.2) is 30.3 Å². The fourth-order valence-corrected chi connectivity index (χ4v) is 5.66. The minimum Gasteiger partial charge on any atom is -0.372 e. The van der Waals surface area contributed by atoms with Gasteiger partial charge in [-0.1, -0.05) is 43.2 Å². The summed E-state index contributed by atoms with van der Waals surface area (Å²) in [7, 11) is 0. The van der Waals surface area contributed by atoms with Gasteiger partial charge in [-0.3, -0.25) is 9.59 Å². The van der Waals surface area contributed by atoms with Gasteiger partial charge in [-0.15, -0.1) is 0 Å². The molecule has 0 aromatic heterocycles. The third-order valence-electron chi connectivity index (χ3n) is 7.38. The van der Waals surface area contributed by atoms with Crippen LogP contribution in [-0.4, -0.2) is 71.6 Å². The number of morpholine rings is 1. The predicted octanol–water partition coefficient (Wildman–Crippen LogP) is 2.67. The Labute approximate surface area is 202 Å². The average Bonchev–Trinajstić information content (AvgIpc) is 3.31. The highest BCUT2D eigenvalue weighted by atomic mass is 16.5. The molecule has 8 nitrogen and oxygen atoms in total. The molecule has 1 aliphatic carbocycles. The van der Waals surface area contributed by atoms with E-state index in [9.17, 15) is 14.4 Å². The minimum absolute atomic E-state index is 0.000577. The molecule has 2 heterocycles. The average molecular weight is 471 g/mol. The van der Waals surface area contributed by atoms with Crippen molar-refractivity contribution in [3.05, 3.63) is 35.9 Å². The van der Waals surface area contributed by atoms with Crippen LogP contribution >= 0.6 is 0 Å². The van der Waals surface area contributed by atoms with Crippen molar-refractivity contribution in [1.82, 2.24) is 20.4 Å². The van der Waals surface area contributed by atoms with Crippen LogP contribution in [-0.2, 0) is 20.9 Å². The van der Waals surface area contributed by atoms with Gasteiger partial charge < -0.3 is 25.2 Å². The number of ether oxygens (including phenoxy) is 1. The van der Waals surface area contributed by atoms with Crippen LogP contribution in [0, 0.1) is 5.92 Å². The van der Waals surface area contributed by atoms with Gasteiger partial charge in [0.25, 0.3) is 0 Å². The number of nitrogens with zero attached hydrogens (tertiary/aromatic N) is 2. The smallest absolute Gasteiger partial charge is 0.315 e. The Morgan fingerprint density at radius 3 is 2.21 bits per heavy atom. The molecule has 8 heteroatoms. The van der Waals surface area contributed by atoms with Crippen LogP contribution in [0.4, 0.5) is 4.79 Å². The van der Waals surface area contributed by atoms with E-state index in [4.69, 9.17) is 4.74 Å². The van der Waals surface area contributed by atoms with Crippen molar-refractivity contribution in [3.8, 4) is 0 Å². The van der Waals surface area contributed by atoms with Crippen molar-refractivity contribution >= 4 is 17.8 Å². The molecule has 2 unspecified atom stereocenters. The number of piperidine rings is 1. The standard InChI is InChI=1S/C26H38N4O4/c1-19-17-30(18-20(2)34-19)23(31)22-10-14-29(15-11-22)24(32)26(12-6-7-13-26)28-25(33)27-16-21-8-4-3-5-9-21/h3-5,8-9,19-20,22H,6-7,10-18H2,1-2H3,(H2,27,28,33). The summed E-state index contributed by atoms with van der Waals surface area (Å²) in [6.07, 6.45) is 4.61. The molecule has 0 radical (unpaired) electrons. The van der Waals surface area contributed by atoms with Gasteiger partial charge in [0.1, 0.15) is 5.54 Å². The van der Waals surface area contributed by atoms with Crippen LogP contribution in [0.3, 0.4) is 0 Å². The molecule has 3 aliphatic rings. The molecule has 1 aromatic rings. The number of amides is 4. The van der Waals surface area contributed by atoms with Crippen molar-refractivity contribution in [2.75, 3.05) is 26.2 Å². The monoisotopic (exact) mass is 470 g/mol. The predicted molar refractivity (Wildman–Crippen MR) is 129 cm³/mol. The van der Waals surface area contributed by atoms with E-state index in [2.05, 4.69) is 10.6 Å². The Kier molecular flexibility index (Phi) is 7.76. The van der Waals surface area contributed by atoms with E-state index in [1.54, 1.807) is 0 Å². The van der Waals surface area contributed by atoms with Crippen LogP contribution in [0.1, 0.15) is 57.9 Å². The number of hydrogen-bond acceptors (Lipinski definition) is 4. The molecule has 186 valence electrons. The minimum atomic E-state index is -0.841. The Morgan fingerprint density at radius 2 is 1.59 bits per heavy atom. The maximum Gasteiger partial charge on any atom is 0.315 e. The van der Waals surface area contributed by atoms with Crippen molar-refractivity contribution in [3.63, 3.8) is 0 Å². The number of carbonyl (C=O) groups excluding carboxylic acids is 3. The maximum atomic E-state index is 13.6. The zero-order chi connectivity index (χ0) is 24.1. The molecule has 2 saturated heterocycles. The van der Waals surface area contributed by atoms with Gasteiger partial charge in [-0.25, -0.2) is 4.79 Å². The number of nitrogens with one attached hydrogen (secondary N) is 2. The molecule has 2 N–H and O–H groups in total. The molecule has 1 aromatic carbocycles. The van der Waals surface area contributed by atoms with Crippen molar-refractivity contribution < 1.29 is 19.1 Å². The van der Waals surface area contributed by atoms with Crippen LogP contribution in [0.25, 0.3) is 0 Å². The van der Waals surface area contributed by atoms with Gasteiger partial charge in [0.15, 0.2) is 0 Å². The largest absolute Gasteiger partial charge is 0.372 e. The Bertz CT molecular complexity index is 853. The van der Waals surface area contributed by atoms with Crippen LogP contribution in [0.2, 0.25) is 0 Å². The SMILES string of the molecule is CC1CN(C(=O)C2CCN(C(=O)C3(NC(=O)NCc4ccccc4)CCCC3)CC2)CC(C)O1. The normalized spacial score (nSPS) is 25.1.